The van der Waals surface area contributed by atoms with E-state index >= 15 is 0 Å². The van der Waals surface area contributed by atoms with Crippen LogP contribution in [0.1, 0.15) is 40.4 Å². The first-order chi connectivity index (χ1) is 20.1. The number of aromatic nitrogens is 2. The minimum atomic E-state index is -0.746. The molecule has 5 aromatic carbocycles. The van der Waals surface area contributed by atoms with Gasteiger partial charge < -0.3 is 5.32 Å². The zero-order valence-corrected chi connectivity index (χ0v) is 23.8. The number of Topliss-reactive ketones (excluding diaryl/α,β-unsaturated/α-hetero) is 1. The highest BCUT2D eigenvalue weighted by Crippen LogP contribution is 2.44. The van der Waals surface area contributed by atoms with Crippen molar-refractivity contribution < 1.29 is 4.79 Å². The third-order valence-electron chi connectivity index (χ3n) is 7.73. The predicted octanol–water partition coefficient (Wildman–Crippen LogP) is 8.83. The largest absolute Gasteiger partial charge is 0.371 e. The van der Waals surface area contributed by atoms with E-state index in [1.165, 1.54) is 0 Å². The molecule has 1 aromatic heterocycles. The lowest BCUT2D eigenvalue weighted by Gasteiger charge is -2.37. The van der Waals surface area contributed by atoms with E-state index in [9.17, 15) is 4.79 Å². The van der Waals surface area contributed by atoms with Crippen molar-refractivity contribution in [2.75, 3.05) is 12.4 Å². The van der Waals surface area contributed by atoms with Crippen LogP contribution >= 0.6 is 11.6 Å². The SMILES string of the molecule is CCC(=O)c1ccc(Cl)c(-c2ccc3c(c2)c(NC)nn3C(c2ccccc2)(c2ccccc2)c2ccccc2)c1. The van der Waals surface area contributed by atoms with Gasteiger partial charge >= 0.3 is 0 Å². The fourth-order valence-electron chi connectivity index (χ4n) is 5.76. The number of fused-ring (bicyclic) bond motifs is 1. The Bertz CT molecular complexity index is 1730. The fourth-order valence-corrected chi connectivity index (χ4v) is 5.98. The van der Waals surface area contributed by atoms with Crippen molar-refractivity contribution in [3.8, 4) is 11.1 Å². The summed E-state index contributed by atoms with van der Waals surface area (Å²) >= 11 is 6.67. The molecule has 0 radical (unpaired) electrons. The molecule has 202 valence electrons. The number of rotatable bonds is 8. The van der Waals surface area contributed by atoms with Crippen LogP contribution in [0.15, 0.2) is 127 Å². The molecule has 0 spiro atoms. The molecule has 6 rings (SSSR count). The number of carbonyl (C=O) groups is 1. The summed E-state index contributed by atoms with van der Waals surface area (Å²) in [4.78, 5) is 12.5. The summed E-state index contributed by atoms with van der Waals surface area (Å²) in [6.07, 6.45) is 0.442. The van der Waals surface area contributed by atoms with Crippen molar-refractivity contribution in [2.45, 2.75) is 18.9 Å². The second-order valence-corrected chi connectivity index (χ2v) is 10.4. The Morgan fingerprint density at radius 3 is 1.85 bits per heavy atom. The molecule has 0 atom stereocenters. The van der Waals surface area contributed by atoms with Gasteiger partial charge in [0.25, 0.3) is 0 Å². The summed E-state index contributed by atoms with van der Waals surface area (Å²) in [5.41, 5.74) is 5.92. The van der Waals surface area contributed by atoms with Gasteiger partial charge in [0.05, 0.1) is 5.52 Å². The average Bonchev–Trinajstić information content (AvgIpc) is 3.41. The predicted molar refractivity (Wildman–Crippen MR) is 169 cm³/mol. The number of ketones is 1. The lowest BCUT2D eigenvalue weighted by Crippen LogP contribution is -2.38. The number of benzene rings is 5. The number of nitrogens with zero attached hydrogens (tertiary/aromatic N) is 2. The molecular formula is C36H30ClN3O. The molecule has 41 heavy (non-hydrogen) atoms. The number of halogens is 1. The fraction of sp³-hybridized carbons (Fsp3) is 0.111. The van der Waals surface area contributed by atoms with Crippen LogP contribution in [0.4, 0.5) is 5.82 Å². The molecule has 6 aromatic rings. The van der Waals surface area contributed by atoms with Gasteiger partial charge in [0.15, 0.2) is 11.6 Å². The molecule has 0 fully saturated rings. The minimum Gasteiger partial charge on any atom is -0.371 e. The second-order valence-electron chi connectivity index (χ2n) is 10.0. The summed E-state index contributed by atoms with van der Waals surface area (Å²) < 4.78 is 2.14. The van der Waals surface area contributed by atoms with Gasteiger partial charge in [-0.05, 0) is 52.6 Å². The molecule has 0 aliphatic carbocycles. The first-order valence-corrected chi connectivity index (χ1v) is 14.2. The average molecular weight is 556 g/mol. The molecule has 0 bridgehead atoms. The van der Waals surface area contributed by atoms with Crippen molar-refractivity contribution >= 4 is 34.1 Å². The Morgan fingerprint density at radius 1 is 0.780 bits per heavy atom. The lowest BCUT2D eigenvalue weighted by molar-refractivity contribution is 0.0988. The van der Waals surface area contributed by atoms with Crippen LogP contribution < -0.4 is 5.32 Å². The zero-order chi connectivity index (χ0) is 28.4. The van der Waals surface area contributed by atoms with Gasteiger partial charge in [0.2, 0.25) is 0 Å². The van der Waals surface area contributed by atoms with E-state index in [-0.39, 0.29) is 5.78 Å². The maximum absolute atomic E-state index is 12.5. The molecule has 1 heterocycles. The molecule has 0 saturated carbocycles. The highest BCUT2D eigenvalue weighted by Gasteiger charge is 2.40. The second kappa shape index (κ2) is 11.1. The van der Waals surface area contributed by atoms with Gasteiger partial charge in [-0.25, -0.2) is 4.68 Å². The molecule has 1 N–H and O–H groups in total. The molecule has 0 aliphatic heterocycles. The summed E-state index contributed by atoms with van der Waals surface area (Å²) in [7, 11) is 1.89. The van der Waals surface area contributed by atoms with Crippen LogP contribution in [0.2, 0.25) is 5.02 Å². The Morgan fingerprint density at radius 2 is 1.34 bits per heavy atom. The summed E-state index contributed by atoms with van der Waals surface area (Å²) in [5, 5.41) is 10.1. The van der Waals surface area contributed by atoms with Gasteiger partial charge in [-0.15, -0.1) is 0 Å². The minimum absolute atomic E-state index is 0.0890. The van der Waals surface area contributed by atoms with Crippen LogP contribution in [-0.4, -0.2) is 22.6 Å². The molecule has 0 unspecified atom stereocenters. The Hall–Kier alpha value is -4.67. The quantitative estimate of drug-likeness (QED) is 0.151. The molecule has 5 heteroatoms. The van der Waals surface area contributed by atoms with Crippen LogP contribution in [0.3, 0.4) is 0 Å². The summed E-state index contributed by atoms with van der Waals surface area (Å²) in [6, 6.07) is 43.3. The monoisotopic (exact) mass is 555 g/mol. The molecule has 0 amide bonds. The third kappa shape index (κ3) is 4.51. The van der Waals surface area contributed by atoms with E-state index in [0.29, 0.717) is 17.0 Å². The first-order valence-electron chi connectivity index (χ1n) is 13.8. The van der Waals surface area contributed by atoms with Crippen molar-refractivity contribution in [1.82, 2.24) is 9.78 Å². The number of nitrogens with one attached hydrogen (secondary N) is 1. The molecule has 0 saturated heterocycles. The van der Waals surface area contributed by atoms with E-state index < -0.39 is 5.54 Å². The summed E-state index contributed by atoms with van der Waals surface area (Å²) in [5.74, 6) is 0.844. The molecule has 0 aliphatic rings. The number of carbonyl (C=O) groups excluding carboxylic acids is 1. The highest BCUT2D eigenvalue weighted by atomic mass is 35.5. The smallest absolute Gasteiger partial charge is 0.162 e. The standard InChI is InChI=1S/C36H30ClN3O/c1-3-34(41)26-19-21-32(37)30(24-26)25-20-22-33-31(23-25)35(38-2)39-40(33)36(27-13-7-4-8-14-27,28-15-9-5-10-16-28)29-17-11-6-12-18-29/h4-24H,3H2,1-2H3,(H,38,39). The van der Waals surface area contributed by atoms with E-state index in [2.05, 4.69) is 101 Å². The first kappa shape index (κ1) is 26.5. The normalized spacial score (nSPS) is 11.5. The van der Waals surface area contributed by atoms with Crippen LogP contribution in [0, 0.1) is 0 Å². The van der Waals surface area contributed by atoms with Gasteiger partial charge in [0.1, 0.15) is 5.54 Å². The van der Waals surface area contributed by atoms with Gasteiger partial charge in [0, 0.05) is 35.0 Å². The Kier molecular flexibility index (Phi) is 7.17. The highest BCUT2D eigenvalue weighted by molar-refractivity contribution is 6.33. The zero-order valence-electron chi connectivity index (χ0n) is 23.0. The van der Waals surface area contributed by atoms with E-state index in [4.69, 9.17) is 16.7 Å². The van der Waals surface area contributed by atoms with Crippen LogP contribution in [0.5, 0.6) is 0 Å². The number of hydrogen-bond acceptors (Lipinski definition) is 3. The van der Waals surface area contributed by atoms with Gasteiger partial charge in [-0.2, -0.15) is 5.10 Å². The van der Waals surface area contributed by atoms with Crippen molar-refractivity contribution in [3.05, 3.63) is 155 Å². The van der Waals surface area contributed by atoms with E-state index in [1.807, 2.05) is 38.2 Å². The third-order valence-corrected chi connectivity index (χ3v) is 8.06. The molecular weight excluding hydrogens is 526 g/mol. The maximum Gasteiger partial charge on any atom is 0.162 e. The van der Waals surface area contributed by atoms with Crippen LogP contribution in [-0.2, 0) is 5.54 Å². The maximum atomic E-state index is 12.5. The number of hydrogen-bond donors (Lipinski definition) is 1. The van der Waals surface area contributed by atoms with Crippen LogP contribution in [0.25, 0.3) is 22.0 Å². The summed E-state index contributed by atoms with van der Waals surface area (Å²) in [6.45, 7) is 1.87. The van der Waals surface area contributed by atoms with E-state index in [0.717, 1.165) is 44.5 Å². The van der Waals surface area contributed by atoms with Gasteiger partial charge in [-0.1, -0.05) is 116 Å². The topological polar surface area (TPSA) is 46.9 Å². The Labute approximate surface area is 245 Å². The number of anilines is 1. The van der Waals surface area contributed by atoms with Crippen molar-refractivity contribution in [1.29, 1.82) is 0 Å². The van der Waals surface area contributed by atoms with Crippen molar-refractivity contribution in [3.63, 3.8) is 0 Å². The lowest BCUT2D eigenvalue weighted by atomic mass is 9.77. The Balaban J connectivity index is 1.67. The van der Waals surface area contributed by atoms with Gasteiger partial charge in [-0.3, -0.25) is 4.79 Å². The molecule has 4 nitrogen and oxygen atoms in total. The van der Waals surface area contributed by atoms with Crippen molar-refractivity contribution in [2.24, 2.45) is 0 Å². The van der Waals surface area contributed by atoms with E-state index in [1.54, 1.807) is 12.1 Å².